The van der Waals surface area contributed by atoms with E-state index in [-0.39, 0.29) is 11.9 Å². The largest absolute Gasteiger partial charge is 0.497 e. The predicted octanol–water partition coefficient (Wildman–Crippen LogP) is 3.78. The van der Waals surface area contributed by atoms with Crippen LogP contribution in [0.3, 0.4) is 0 Å². The predicted molar refractivity (Wildman–Crippen MR) is 106 cm³/mol. The maximum atomic E-state index is 11.1. The number of methoxy groups -OCH3 is 1. The summed E-state index contributed by atoms with van der Waals surface area (Å²) in [5, 5.41) is 14.1. The minimum Gasteiger partial charge on any atom is -0.497 e. The molecule has 0 radical (unpaired) electrons. The van der Waals surface area contributed by atoms with Crippen molar-refractivity contribution in [2.45, 2.75) is 26.3 Å². The van der Waals surface area contributed by atoms with E-state index in [1.54, 1.807) is 25.5 Å². The van der Waals surface area contributed by atoms with Crippen molar-refractivity contribution < 1.29 is 9.53 Å². The van der Waals surface area contributed by atoms with Gasteiger partial charge in [0.15, 0.2) is 0 Å². The van der Waals surface area contributed by atoms with Gasteiger partial charge in [0, 0.05) is 19.5 Å². The molecule has 1 amide bonds. The number of nitrogens with one attached hydrogen (secondary N) is 2. The maximum Gasteiger partial charge on any atom is 0.228 e. The van der Waals surface area contributed by atoms with Gasteiger partial charge in [0.25, 0.3) is 0 Å². The summed E-state index contributed by atoms with van der Waals surface area (Å²) < 4.78 is 5.20. The normalized spacial score (nSPS) is 11.1. The van der Waals surface area contributed by atoms with Crippen LogP contribution >= 0.6 is 11.3 Å². The molecule has 0 saturated heterocycles. The van der Waals surface area contributed by atoms with Gasteiger partial charge in [0.05, 0.1) is 13.4 Å². The second-order valence-electron chi connectivity index (χ2n) is 5.73. The Hall–Kier alpha value is -2.18. The average Bonchev–Trinajstić information content (AvgIpc) is 3.07. The van der Waals surface area contributed by atoms with Crippen molar-refractivity contribution in [2.75, 3.05) is 21.2 Å². The summed E-state index contributed by atoms with van der Waals surface area (Å²) in [6.07, 6.45) is 1.45. The van der Waals surface area contributed by atoms with Gasteiger partial charge in [-0.15, -0.1) is 0 Å². The molecule has 1 aromatic heterocycles. The molecule has 1 atom stereocenters. The van der Waals surface area contributed by atoms with Crippen molar-refractivity contribution in [2.24, 2.45) is 0 Å². The van der Waals surface area contributed by atoms with Gasteiger partial charge in [-0.2, -0.15) is 11.3 Å². The average molecular weight is 362 g/mol. The van der Waals surface area contributed by atoms with Crippen LogP contribution < -0.4 is 10.1 Å². The minimum atomic E-state index is -0.0400. The molecule has 0 aliphatic carbocycles. The first-order valence-corrected chi connectivity index (χ1v) is 8.97. The van der Waals surface area contributed by atoms with Gasteiger partial charge in [-0.3, -0.25) is 10.2 Å². The van der Waals surface area contributed by atoms with Gasteiger partial charge in [-0.1, -0.05) is 12.1 Å². The summed E-state index contributed by atoms with van der Waals surface area (Å²) in [6, 6.07) is 8.33. The van der Waals surface area contributed by atoms with Gasteiger partial charge in [-0.25, -0.2) is 0 Å². The zero-order chi connectivity index (χ0) is 18.8. The standard InChI is InChI=1S/C12H12OS.C7H15N3O/c1-9-7-14-8-12(9)10-4-3-5-11(6-10)13-2;1-6(9-2)4-7(11)10(3)5-8/h3-8H,1-2H3;5-6,8-9H,4H2,1-3H3. The summed E-state index contributed by atoms with van der Waals surface area (Å²) in [6.45, 7) is 4.06. The number of benzene rings is 1. The summed E-state index contributed by atoms with van der Waals surface area (Å²) in [7, 11) is 5.08. The highest BCUT2D eigenvalue weighted by molar-refractivity contribution is 7.08. The van der Waals surface area contributed by atoms with Crippen LogP contribution in [0.15, 0.2) is 35.0 Å². The molecule has 136 valence electrons. The van der Waals surface area contributed by atoms with Crippen LogP contribution in [0.25, 0.3) is 11.1 Å². The van der Waals surface area contributed by atoms with Gasteiger partial charge < -0.3 is 15.0 Å². The van der Waals surface area contributed by atoms with E-state index in [9.17, 15) is 4.79 Å². The molecule has 0 fully saturated rings. The van der Waals surface area contributed by atoms with Crippen LogP contribution in [-0.4, -0.2) is 44.4 Å². The molecule has 5 nitrogen and oxygen atoms in total. The Labute approximate surface area is 154 Å². The van der Waals surface area contributed by atoms with Gasteiger partial charge in [0.1, 0.15) is 5.75 Å². The van der Waals surface area contributed by atoms with E-state index in [1.807, 2.05) is 26.1 Å². The maximum absolute atomic E-state index is 11.1. The second kappa shape index (κ2) is 10.6. The van der Waals surface area contributed by atoms with Crippen molar-refractivity contribution in [1.82, 2.24) is 10.2 Å². The summed E-state index contributed by atoms with van der Waals surface area (Å²) >= 11 is 1.73. The van der Waals surface area contributed by atoms with Gasteiger partial charge >= 0.3 is 0 Å². The van der Waals surface area contributed by atoms with E-state index < -0.39 is 0 Å². The number of carbonyl (C=O) groups excluding carboxylic acids is 1. The summed E-state index contributed by atoms with van der Waals surface area (Å²) in [5.41, 5.74) is 3.85. The Morgan fingerprint density at radius 2 is 2.16 bits per heavy atom. The molecule has 6 heteroatoms. The third-order valence-corrected chi connectivity index (χ3v) is 4.66. The molecule has 0 aliphatic heterocycles. The van der Waals surface area contributed by atoms with Crippen LogP contribution in [0, 0.1) is 12.3 Å². The van der Waals surface area contributed by atoms with Crippen molar-refractivity contribution >= 4 is 23.6 Å². The molecule has 2 aromatic rings. The lowest BCUT2D eigenvalue weighted by Gasteiger charge is -2.13. The van der Waals surface area contributed by atoms with Crippen LogP contribution in [0.4, 0.5) is 0 Å². The van der Waals surface area contributed by atoms with Crippen molar-refractivity contribution in [3.63, 3.8) is 0 Å². The number of rotatable bonds is 6. The fourth-order valence-electron chi connectivity index (χ4n) is 2.03. The molecule has 1 unspecified atom stereocenters. The van der Waals surface area contributed by atoms with Gasteiger partial charge in [0.2, 0.25) is 5.91 Å². The van der Waals surface area contributed by atoms with Crippen molar-refractivity contribution in [3.05, 3.63) is 40.6 Å². The first-order valence-electron chi connectivity index (χ1n) is 8.03. The smallest absolute Gasteiger partial charge is 0.228 e. The van der Waals surface area contributed by atoms with Gasteiger partial charge in [-0.05, 0) is 60.5 Å². The molecule has 1 heterocycles. The third-order valence-electron chi connectivity index (χ3n) is 3.80. The summed E-state index contributed by atoms with van der Waals surface area (Å²) in [5.74, 6) is 0.870. The summed E-state index contributed by atoms with van der Waals surface area (Å²) in [4.78, 5) is 12.3. The lowest BCUT2D eigenvalue weighted by atomic mass is 10.1. The first-order chi connectivity index (χ1) is 11.9. The lowest BCUT2D eigenvalue weighted by Crippen LogP contribution is -2.32. The van der Waals surface area contributed by atoms with E-state index >= 15 is 0 Å². The fraction of sp³-hybridized carbons (Fsp3) is 0.368. The molecule has 25 heavy (non-hydrogen) atoms. The zero-order valence-corrected chi connectivity index (χ0v) is 16.3. The number of carbonyl (C=O) groups is 1. The zero-order valence-electron chi connectivity index (χ0n) is 15.5. The van der Waals surface area contributed by atoms with Crippen LogP contribution in [0.1, 0.15) is 18.9 Å². The van der Waals surface area contributed by atoms with Crippen LogP contribution in [0.5, 0.6) is 5.75 Å². The molecule has 1 aromatic carbocycles. The fourth-order valence-corrected chi connectivity index (χ4v) is 2.88. The highest BCUT2D eigenvalue weighted by atomic mass is 32.1. The molecular formula is C19H27N3O2S. The van der Waals surface area contributed by atoms with E-state index in [1.165, 1.54) is 21.6 Å². The number of thiophene rings is 1. The molecule has 0 aliphatic rings. The van der Waals surface area contributed by atoms with Crippen LogP contribution in [0.2, 0.25) is 0 Å². The quantitative estimate of drug-likeness (QED) is 0.608. The third kappa shape index (κ3) is 6.68. The second-order valence-corrected chi connectivity index (χ2v) is 6.47. The number of hydrogen-bond donors (Lipinski definition) is 2. The number of ether oxygens (including phenoxy) is 1. The topological polar surface area (TPSA) is 65.4 Å². The highest BCUT2D eigenvalue weighted by Gasteiger charge is 2.09. The SMILES string of the molecule is CNC(C)CC(=O)N(C)C=N.COc1cccc(-c2cscc2C)c1. The molecule has 2 N–H and O–H groups in total. The number of hydrogen-bond acceptors (Lipinski definition) is 5. The molecule has 0 saturated carbocycles. The van der Waals surface area contributed by atoms with Crippen molar-refractivity contribution in [1.29, 1.82) is 5.41 Å². The molecule has 0 spiro atoms. The minimum absolute atomic E-state index is 0.0400. The molecule has 0 bridgehead atoms. The van der Waals surface area contributed by atoms with E-state index in [0.29, 0.717) is 6.42 Å². The molecular weight excluding hydrogens is 334 g/mol. The highest BCUT2D eigenvalue weighted by Crippen LogP contribution is 2.28. The Balaban J connectivity index is 0.000000260. The Bertz CT molecular complexity index is 685. The monoisotopic (exact) mass is 361 g/mol. The van der Waals surface area contributed by atoms with E-state index in [0.717, 1.165) is 12.1 Å². The van der Waals surface area contributed by atoms with Crippen LogP contribution in [-0.2, 0) is 4.79 Å². The lowest BCUT2D eigenvalue weighted by molar-refractivity contribution is -0.126. The Morgan fingerprint density at radius 3 is 2.68 bits per heavy atom. The van der Waals surface area contributed by atoms with E-state index in [2.05, 4.69) is 35.1 Å². The number of amides is 1. The Morgan fingerprint density at radius 1 is 1.44 bits per heavy atom. The first kappa shape index (κ1) is 20.9. The Kier molecular flexibility index (Phi) is 8.88. The van der Waals surface area contributed by atoms with E-state index in [4.69, 9.17) is 10.1 Å². The number of nitrogens with zero attached hydrogens (tertiary/aromatic N) is 1. The molecule has 2 rings (SSSR count). The van der Waals surface area contributed by atoms with Crippen molar-refractivity contribution in [3.8, 4) is 16.9 Å². The number of aryl methyl sites for hydroxylation is 1.